The molecule has 1 heterocycles. The van der Waals surface area contributed by atoms with E-state index in [4.69, 9.17) is 21.7 Å². The van der Waals surface area contributed by atoms with Crippen molar-refractivity contribution in [2.75, 3.05) is 0 Å². The summed E-state index contributed by atoms with van der Waals surface area (Å²) in [6, 6.07) is 14.3. The molecule has 6 heteroatoms. The molecule has 0 spiro atoms. The van der Waals surface area contributed by atoms with Crippen molar-refractivity contribution < 1.29 is 14.3 Å². The summed E-state index contributed by atoms with van der Waals surface area (Å²) >= 11 is 5.22. The van der Waals surface area contributed by atoms with Crippen LogP contribution in [0.5, 0.6) is 0 Å². The molecule has 3 aromatic rings. The monoisotopic (exact) mass is 340 g/mol. The van der Waals surface area contributed by atoms with E-state index in [1.54, 1.807) is 12.1 Å². The summed E-state index contributed by atoms with van der Waals surface area (Å²) in [5, 5.41) is 13.4. The molecule has 5 nitrogen and oxygen atoms in total. The van der Waals surface area contributed by atoms with E-state index >= 15 is 0 Å². The molecule has 0 aliphatic carbocycles. The number of carboxylic acids is 1. The quantitative estimate of drug-likeness (QED) is 0.698. The van der Waals surface area contributed by atoms with Crippen LogP contribution >= 0.6 is 12.2 Å². The standard InChI is InChI=1S/C18H16N2O3S/c1-11(2)12-3-5-13(6-4-12)16-19-20(18(24)23-16)15-9-7-14(8-10-15)17(21)22/h3-11H,1-2H3,(H,21,22). The molecule has 0 unspecified atom stereocenters. The van der Waals surface area contributed by atoms with Crippen LogP contribution in [0.2, 0.25) is 0 Å². The predicted octanol–water partition coefficient (Wildman–Crippen LogP) is 4.68. The van der Waals surface area contributed by atoms with Gasteiger partial charge >= 0.3 is 5.97 Å². The van der Waals surface area contributed by atoms with Crippen molar-refractivity contribution in [2.45, 2.75) is 19.8 Å². The van der Waals surface area contributed by atoms with E-state index in [1.165, 1.54) is 22.4 Å². The van der Waals surface area contributed by atoms with Crippen LogP contribution in [-0.2, 0) is 0 Å². The van der Waals surface area contributed by atoms with E-state index in [9.17, 15) is 4.79 Å². The van der Waals surface area contributed by atoms with Gasteiger partial charge in [0.25, 0.3) is 4.84 Å². The maximum Gasteiger partial charge on any atom is 0.335 e. The van der Waals surface area contributed by atoms with Crippen molar-refractivity contribution >= 4 is 18.2 Å². The van der Waals surface area contributed by atoms with E-state index in [2.05, 4.69) is 18.9 Å². The largest absolute Gasteiger partial charge is 0.478 e. The molecule has 0 atom stereocenters. The van der Waals surface area contributed by atoms with Gasteiger partial charge in [0, 0.05) is 5.56 Å². The van der Waals surface area contributed by atoms with Gasteiger partial charge < -0.3 is 9.52 Å². The van der Waals surface area contributed by atoms with E-state index in [0.717, 1.165) is 5.56 Å². The summed E-state index contributed by atoms with van der Waals surface area (Å²) in [6.45, 7) is 4.27. The average molecular weight is 340 g/mol. The lowest BCUT2D eigenvalue weighted by atomic mass is 10.0. The lowest BCUT2D eigenvalue weighted by Gasteiger charge is -2.04. The molecule has 0 radical (unpaired) electrons. The molecule has 122 valence electrons. The van der Waals surface area contributed by atoms with Crippen molar-refractivity contribution in [1.82, 2.24) is 9.78 Å². The molecular weight excluding hydrogens is 324 g/mol. The molecule has 0 bridgehead atoms. The third kappa shape index (κ3) is 3.14. The zero-order chi connectivity index (χ0) is 17.3. The van der Waals surface area contributed by atoms with Crippen molar-refractivity contribution in [2.24, 2.45) is 0 Å². The average Bonchev–Trinajstić information content (AvgIpc) is 2.97. The number of hydrogen-bond donors (Lipinski definition) is 1. The Hall–Kier alpha value is -2.73. The highest BCUT2D eigenvalue weighted by Crippen LogP contribution is 2.23. The number of carboxylic acid groups (broad SMARTS) is 1. The van der Waals surface area contributed by atoms with Gasteiger partial charge in [0.1, 0.15) is 0 Å². The highest BCUT2D eigenvalue weighted by atomic mass is 32.1. The summed E-state index contributed by atoms with van der Waals surface area (Å²) in [6.07, 6.45) is 0. The van der Waals surface area contributed by atoms with Crippen LogP contribution in [0, 0.1) is 4.84 Å². The van der Waals surface area contributed by atoms with Crippen LogP contribution in [0.3, 0.4) is 0 Å². The van der Waals surface area contributed by atoms with Crippen LogP contribution in [0.15, 0.2) is 52.9 Å². The van der Waals surface area contributed by atoms with E-state index < -0.39 is 5.97 Å². The molecule has 0 saturated carbocycles. The topological polar surface area (TPSA) is 68.3 Å². The molecular formula is C18H16N2O3S. The first-order valence-electron chi connectivity index (χ1n) is 7.50. The second-order valence-corrected chi connectivity index (χ2v) is 6.06. The summed E-state index contributed by atoms with van der Waals surface area (Å²) in [4.78, 5) is 11.1. The number of benzene rings is 2. The minimum atomic E-state index is -0.976. The Morgan fingerprint density at radius 3 is 2.29 bits per heavy atom. The Balaban J connectivity index is 1.95. The van der Waals surface area contributed by atoms with Crippen LogP contribution in [0.4, 0.5) is 0 Å². The van der Waals surface area contributed by atoms with E-state index in [1.807, 2.05) is 24.3 Å². The molecule has 0 fully saturated rings. The number of aromatic nitrogens is 2. The third-order valence-corrected chi connectivity index (χ3v) is 3.99. The van der Waals surface area contributed by atoms with Gasteiger partial charge in [-0.1, -0.05) is 26.0 Å². The Bertz CT molecular complexity index is 922. The predicted molar refractivity (Wildman–Crippen MR) is 93.1 cm³/mol. The second kappa shape index (κ2) is 6.41. The van der Waals surface area contributed by atoms with Gasteiger partial charge in [-0.05, 0) is 60.1 Å². The minimum absolute atomic E-state index is 0.207. The van der Waals surface area contributed by atoms with Crippen LogP contribution < -0.4 is 0 Å². The lowest BCUT2D eigenvalue weighted by molar-refractivity contribution is 0.0697. The molecule has 3 rings (SSSR count). The number of hydrogen-bond acceptors (Lipinski definition) is 4. The summed E-state index contributed by atoms with van der Waals surface area (Å²) < 4.78 is 7.06. The summed E-state index contributed by atoms with van der Waals surface area (Å²) in [7, 11) is 0. The third-order valence-electron chi connectivity index (χ3n) is 3.73. The van der Waals surface area contributed by atoms with Crippen molar-refractivity contribution in [3.63, 3.8) is 0 Å². The molecule has 0 aliphatic rings. The van der Waals surface area contributed by atoms with E-state index in [0.29, 0.717) is 17.5 Å². The molecule has 2 aromatic carbocycles. The Morgan fingerprint density at radius 1 is 1.12 bits per heavy atom. The Morgan fingerprint density at radius 2 is 1.75 bits per heavy atom. The maximum atomic E-state index is 10.9. The molecule has 1 N–H and O–H groups in total. The number of rotatable bonds is 4. The number of nitrogens with zero attached hydrogens (tertiary/aromatic N) is 2. The van der Waals surface area contributed by atoms with E-state index in [-0.39, 0.29) is 10.4 Å². The van der Waals surface area contributed by atoms with Crippen LogP contribution in [-0.4, -0.2) is 20.9 Å². The fraction of sp³-hybridized carbons (Fsp3) is 0.167. The van der Waals surface area contributed by atoms with Gasteiger partial charge in [0.05, 0.1) is 11.3 Å². The molecule has 0 aliphatic heterocycles. The first-order valence-corrected chi connectivity index (χ1v) is 7.91. The highest BCUT2D eigenvalue weighted by Gasteiger charge is 2.11. The van der Waals surface area contributed by atoms with Crippen LogP contribution in [0.1, 0.15) is 35.7 Å². The van der Waals surface area contributed by atoms with Gasteiger partial charge in [0.15, 0.2) is 0 Å². The normalized spacial score (nSPS) is 11.0. The minimum Gasteiger partial charge on any atom is -0.478 e. The molecule has 24 heavy (non-hydrogen) atoms. The zero-order valence-electron chi connectivity index (χ0n) is 13.3. The fourth-order valence-electron chi connectivity index (χ4n) is 2.31. The van der Waals surface area contributed by atoms with Crippen molar-refractivity contribution in [1.29, 1.82) is 0 Å². The summed E-state index contributed by atoms with van der Waals surface area (Å²) in [5.74, 6) is -0.0929. The first-order chi connectivity index (χ1) is 11.5. The zero-order valence-corrected chi connectivity index (χ0v) is 14.1. The van der Waals surface area contributed by atoms with Gasteiger partial charge in [-0.2, -0.15) is 4.68 Å². The lowest BCUT2D eigenvalue weighted by Crippen LogP contribution is -1.99. The van der Waals surface area contributed by atoms with Crippen molar-refractivity contribution in [3.05, 3.63) is 64.5 Å². The Labute approximate surface area is 144 Å². The number of aromatic carboxylic acids is 1. The molecule has 1 aromatic heterocycles. The van der Waals surface area contributed by atoms with Gasteiger partial charge in [-0.15, -0.1) is 5.10 Å². The SMILES string of the molecule is CC(C)c1ccc(-c2nn(-c3ccc(C(=O)O)cc3)c(=S)o2)cc1. The van der Waals surface area contributed by atoms with Crippen molar-refractivity contribution in [3.8, 4) is 17.1 Å². The molecule has 0 saturated heterocycles. The van der Waals surface area contributed by atoms with Gasteiger partial charge in [0.2, 0.25) is 5.89 Å². The fourth-order valence-corrected chi connectivity index (χ4v) is 2.54. The smallest absolute Gasteiger partial charge is 0.335 e. The molecule has 0 amide bonds. The number of carbonyl (C=O) groups is 1. The second-order valence-electron chi connectivity index (χ2n) is 5.71. The highest BCUT2D eigenvalue weighted by molar-refractivity contribution is 7.71. The maximum absolute atomic E-state index is 10.9. The Kier molecular flexibility index (Phi) is 4.31. The summed E-state index contributed by atoms with van der Waals surface area (Å²) in [5.41, 5.74) is 2.93. The van der Waals surface area contributed by atoms with Gasteiger partial charge in [-0.25, -0.2) is 4.79 Å². The van der Waals surface area contributed by atoms with Crippen LogP contribution in [0.25, 0.3) is 17.1 Å². The van der Waals surface area contributed by atoms with Gasteiger partial charge in [-0.3, -0.25) is 0 Å². The first kappa shape index (κ1) is 16.1.